The van der Waals surface area contributed by atoms with Gasteiger partial charge >= 0.3 is 0 Å². The van der Waals surface area contributed by atoms with Gasteiger partial charge in [0.05, 0.1) is 0 Å². The number of rotatable bonds is 4. The van der Waals surface area contributed by atoms with E-state index in [1.54, 1.807) is 0 Å². The summed E-state index contributed by atoms with van der Waals surface area (Å²) in [5, 5.41) is 2.34. The van der Waals surface area contributed by atoms with Crippen LogP contribution in [-0.4, -0.2) is 5.78 Å². The molecule has 0 amide bonds. The minimum Gasteiger partial charge on any atom is -0.384 e. The summed E-state index contributed by atoms with van der Waals surface area (Å²) in [6.07, 6.45) is 0.779. The number of Topliss-reactive ketones (excluding diaryl/α,β-unsaturated/α-hetero) is 1. The van der Waals surface area contributed by atoms with Crippen molar-refractivity contribution < 1.29 is 22.4 Å². The van der Waals surface area contributed by atoms with Gasteiger partial charge in [-0.2, -0.15) is 0 Å². The van der Waals surface area contributed by atoms with Gasteiger partial charge in [0.2, 0.25) is 0 Å². The zero-order valence-electron chi connectivity index (χ0n) is 8.86. The summed E-state index contributed by atoms with van der Waals surface area (Å²) >= 11 is 0. The van der Waals surface area contributed by atoms with E-state index in [1.165, 1.54) is 0 Å². The molecule has 1 aromatic rings. The van der Waals surface area contributed by atoms with E-state index in [2.05, 4.69) is 5.32 Å². The minimum absolute atomic E-state index is 0.0917. The van der Waals surface area contributed by atoms with Crippen LogP contribution in [0.4, 0.5) is 17.6 Å². The Labute approximate surface area is 94.9 Å². The molecule has 0 aromatic heterocycles. The second-order valence-corrected chi connectivity index (χ2v) is 3.30. The number of carbonyl (C=O) groups excluding carboxylic acids is 1. The lowest BCUT2D eigenvalue weighted by molar-refractivity contribution is -0.114. The summed E-state index contributed by atoms with van der Waals surface area (Å²) in [4.78, 5) is 10.5. The van der Waals surface area contributed by atoms with Crippen LogP contribution in [-0.2, 0) is 11.3 Å². The molecule has 1 rings (SSSR count). The largest absolute Gasteiger partial charge is 0.384 e. The first-order valence-corrected chi connectivity index (χ1v) is 4.65. The molecule has 92 valence electrons. The Morgan fingerprint density at radius 2 is 1.82 bits per heavy atom. The molecule has 0 aliphatic rings. The molecule has 1 N–H and O–H groups in total. The van der Waals surface area contributed by atoms with Crippen molar-refractivity contribution in [1.29, 1.82) is 0 Å². The SMILES string of the molecule is CC(=O)/C(F)=C\NCc1cc(F)c(F)c(F)c1. The number of hydrogen-bond acceptors (Lipinski definition) is 2. The summed E-state index contributed by atoms with van der Waals surface area (Å²) in [6.45, 7) is 0.902. The Morgan fingerprint density at radius 3 is 2.29 bits per heavy atom. The summed E-state index contributed by atoms with van der Waals surface area (Å²) in [5.74, 6) is -5.98. The van der Waals surface area contributed by atoms with E-state index >= 15 is 0 Å². The second-order valence-electron chi connectivity index (χ2n) is 3.30. The van der Waals surface area contributed by atoms with Crippen LogP contribution in [0, 0.1) is 17.5 Å². The number of nitrogens with one attached hydrogen (secondary N) is 1. The third-order valence-corrected chi connectivity index (χ3v) is 1.91. The van der Waals surface area contributed by atoms with Crippen molar-refractivity contribution >= 4 is 5.78 Å². The van der Waals surface area contributed by atoms with E-state index in [4.69, 9.17) is 0 Å². The molecule has 0 radical (unpaired) electrons. The van der Waals surface area contributed by atoms with Crippen LogP contribution in [0.5, 0.6) is 0 Å². The third-order valence-electron chi connectivity index (χ3n) is 1.91. The van der Waals surface area contributed by atoms with E-state index in [9.17, 15) is 22.4 Å². The van der Waals surface area contributed by atoms with Crippen LogP contribution < -0.4 is 5.32 Å². The summed E-state index contributed by atoms with van der Waals surface area (Å²) in [6, 6.07) is 1.57. The normalized spacial score (nSPS) is 11.5. The highest BCUT2D eigenvalue weighted by Gasteiger charge is 2.10. The molecule has 0 bridgehead atoms. The molecule has 0 atom stereocenters. The Kier molecular flexibility index (Phi) is 4.25. The molecule has 0 unspecified atom stereocenters. The Bertz CT molecular complexity index is 448. The molecule has 0 spiro atoms. The van der Waals surface area contributed by atoms with E-state index in [-0.39, 0.29) is 12.1 Å². The summed E-state index contributed by atoms with van der Waals surface area (Å²) in [5.41, 5.74) is 0.0917. The van der Waals surface area contributed by atoms with Gasteiger partial charge in [-0.05, 0) is 17.7 Å². The van der Waals surface area contributed by atoms with E-state index in [0.29, 0.717) is 0 Å². The average Bonchev–Trinajstić information content (AvgIpc) is 2.25. The van der Waals surface area contributed by atoms with Gasteiger partial charge in [0, 0.05) is 19.7 Å². The molecule has 2 nitrogen and oxygen atoms in total. The maximum absolute atomic E-state index is 12.8. The smallest absolute Gasteiger partial charge is 0.194 e. The molecular formula is C11H9F4NO. The Balaban J connectivity index is 2.71. The number of halogens is 4. The van der Waals surface area contributed by atoms with Crippen molar-refractivity contribution in [3.63, 3.8) is 0 Å². The fourth-order valence-corrected chi connectivity index (χ4v) is 1.07. The van der Waals surface area contributed by atoms with E-state index in [1.807, 2.05) is 0 Å². The van der Waals surface area contributed by atoms with Crippen molar-refractivity contribution in [2.45, 2.75) is 13.5 Å². The molecule has 0 fully saturated rings. The topological polar surface area (TPSA) is 29.1 Å². The Hall–Kier alpha value is -1.85. The first kappa shape index (κ1) is 13.2. The first-order valence-electron chi connectivity index (χ1n) is 4.65. The predicted molar refractivity (Wildman–Crippen MR) is 53.0 cm³/mol. The van der Waals surface area contributed by atoms with E-state index < -0.39 is 29.1 Å². The molecule has 6 heteroatoms. The molecule has 0 heterocycles. The zero-order valence-corrected chi connectivity index (χ0v) is 8.86. The molecule has 17 heavy (non-hydrogen) atoms. The lowest BCUT2D eigenvalue weighted by Gasteiger charge is -2.03. The molecule has 1 aromatic carbocycles. The maximum Gasteiger partial charge on any atom is 0.194 e. The van der Waals surface area contributed by atoms with E-state index in [0.717, 1.165) is 25.3 Å². The predicted octanol–water partition coefficient (Wildman–Crippen LogP) is 2.59. The quantitative estimate of drug-likeness (QED) is 0.503. The minimum atomic E-state index is -1.56. The molecule has 0 saturated heterocycles. The van der Waals surface area contributed by atoms with Crippen molar-refractivity contribution in [2.75, 3.05) is 0 Å². The van der Waals surface area contributed by atoms with Crippen molar-refractivity contribution in [3.8, 4) is 0 Å². The molecule has 0 saturated carbocycles. The highest BCUT2D eigenvalue weighted by molar-refractivity contribution is 5.90. The second kappa shape index (κ2) is 5.47. The monoisotopic (exact) mass is 247 g/mol. The lowest BCUT2D eigenvalue weighted by atomic mass is 10.2. The van der Waals surface area contributed by atoms with Crippen LogP contribution in [0.15, 0.2) is 24.2 Å². The van der Waals surface area contributed by atoms with Gasteiger partial charge in [0.15, 0.2) is 29.1 Å². The summed E-state index contributed by atoms with van der Waals surface area (Å²) in [7, 11) is 0. The Morgan fingerprint density at radius 1 is 1.29 bits per heavy atom. The fourth-order valence-electron chi connectivity index (χ4n) is 1.07. The number of hydrogen-bond donors (Lipinski definition) is 1. The molecule has 0 aliphatic heterocycles. The van der Waals surface area contributed by atoms with Gasteiger partial charge in [0.25, 0.3) is 0 Å². The van der Waals surface area contributed by atoms with Gasteiger partial charge in [0.1, 0.15) is 0 Å². The van der Waals surface area contributed by atoms with Gasteiger partial charge in [-0.25, -0.2) is 17.6 Å². The van der Waals surface area contributed by atoms with Crippen LogP contribution >= 0.6 is 0 Å². The number of benzene rings is 1. The highest BCUT2D eigenvalue weighted by Crippen LogP contribution is 2.13. The van der Waals surface area contributed by atoms with Crippen molar-refractivity contribution in [1.82, 2.24) is 5.32 Å². The van der Waals surface area contributed by atoms with Crippen LogP contribution in [0.3, 0.4) is 0 Å². The highest BCUT2D eigenvalue weighted by atomic mass is 19.2. The van der Waals surface area contributed by atoms with Crippen molar-refractivity contribution in [2.24, 2.45) is 0 Å². The van der Waals surface area contributed by atoms with Crippen LogP contribution in [0.2, 0.25) is 0 Å². The number of allylic oxidation sites excluding steroid dienone is 1. The lowest BCUT2D eigenvalue weighted by Crippen LogP contribution is -2.08. The van der Waals surface area contributed by atoms with Crippen LogP contribution in [0.25, 0.3) is 0 Å². The number of ketones is 1. The standard InChI is InChI=1S/C11H9F4NO/c1-6(17)10(14)5-16-4-7-2-8(12)11(15)9(13)3-7/h2-3,5,16H,4H2,1H3/b10-5+. The number of carbonyl (C=O) groups is 1. The summed E-state index contributed by atoms with van der Waals surface area (Å²) < 4.78 is 50.8. The fraction of sp³-hybridized carbons (Fsp3) is 0.182. The van der Waals surface area contributed by atoms with Gasteiger partial charge in [-0.3, -0.25) is 4.79 Å². The van der Waals surface area contributed by atoms with Gasteiger partial charge in [-0.15, -0.1) is 0 Å². The van der Waals surface area contributed by atoms with Crippen molar-refractivity contribution in [3.05, 3.63) is 47.2 Å². The van der Waals surface area contributed by atoms with Gasteiger partial charge < -0.3 is 5.32 Å². The molecular weight excluding hydrogens is 238 g/mol. The maximum atomic E-state index is 12.8. The first-order chi connectivity index (χ1) is 7.91. The van der Waals surface area contributed by atoms with Gasteiger partial charge in [-0.1, -0.05) is 0 Å². The van der Waals surface area contributed by atoms with Crippen LogP contribution in [0.1, 0.15) is 12.5 Å². The third kappa shape index (κ3) is 3.58. The molecule has 0 aliphatic carbocycles. The zero-order chi connectivity index (χ0) is 13.0. The average molecular weight is 247 g/mol.